The first kappa shape index (κ1) is 19.1. The van der Waals surface area contributed by atoms with Gasteiger partial charge in [0.05, 0.1) is 0 Å². The van der Waals surface area contributed by atoms with E-state index >= 15 is 0 Å². The van der Waals surface area contributed by atoms with Gasteiger partial charge in [-0.2, -0.15) is 0 Å². The zero-order chi connectivity index (χ0) is 17.4. The highest BCUT2D eigenvalue weighted by Gasteiger charge is 2.02. The predicted octanol–water partition coefficient (Wildman–Crippen LogP) is 5.87. The van der Waals surface area contributed by atoms with E-state index in [-0.39, 0.29) is 0 Å². The van der Waals surface area contributed by atoms with E-state index < -0.39 is 0 Å². The standard InChI is InChI=1S/C11H16O.C10H14O/c1-3-4-5-10-6-7-11(12)8-9(10)2;1-7(2)10-5-4-9(11)6-8(10)3/h6-8,12H,3-5H2,1-2H3;4-7,11H,1-3H3. The fraction of sp³-hybridized carbons (Fsp3) is 0.429. The molecule has 0 amide bonds. The third-order valence-electron chi connectivity index (χ3n) is 4.00. The van der Waals surface area contributed by atoms with Crippen LogP contribution in [0.25, 0.3) is 0 Å². The first-order valence-corrected chi connectivity index (χ1v) is 8.43. The van der Waals surface area contributed by atoms with E-state index in [1.54, 1.807) is 18.2 Å². The number of phenolic OH excluding ortho intramolecular Hbond substituents is 2. The molecule has 2 N–H and O–H groups in total. The molecule has 0 aromatic heterocycles. The Kier molecular flexibility index (Phi) is 7.67. The van der Waals surface area contributed by atoms with Crippen molar-refractivity contribution in [3.8, 4) is 11.5 Å². The van der Waals surface area contributed by atoms with Crippen molar-refractivity contribution in [2.24, 2.45) is 0 Å². The van der Waals surface area contributed by atoms with Crippen LogP contribution in [0.4, 0.5) is 0 Å². The Bertz CT molecular complexity index is 615. The van der Waals surface area contributed by atoms with E-state index in [1.807, 2.05) is 32.0 Å². The van der Waals surface area contributed by atoms with Crippen LogP contribution in [0.2, 0.25) is 0 Å². The fourth-order valence-corrected chi connectivity index (χ4v) is 2.64. The maximum Gasteiger partial charge on any atom is 0.115 e. The molecule has 0 heterocycles. The quantitative estimate of drug-likeness (QED) is 0.741. The maximum atomic E-state index is 9.16. The van der Waals surface area contributed by atoms with Crippen molar-refractivity contribution in [1.82, 2.24) is 0 Å². The molecular formula is C21H30O2. The van der Waals surface area contributed by atoms with Crippen LogP contribution in [0.5, 0.6) is 11.5 Å². The summed E-state index contributed by atoms with van der Waals surface area (Å²) in [6.45, 7) is 10.6. The highest BCUT2D eigenvalue weighted by Crippen LogP contribution is 2.22. The largest absolute Gasteiger partial charge is 0.508 e. The highest BCUT2D eigenvalue weighted by molar-refractivity contribution is 5.35. The SMILES string of the molecule is CCCCc1ccc(O)cc1C.Cc1cc(O)ccc1C(C)C. The minimum absolute atomic E-state index is 0.354. The second kappa shape index (κ2) is 9.24. The van der Waals surface area contributed by atoms with Gasteiger partial charge in [0.1, 0.15) is 11.5 Å². The Hall–Kier alpha value is -1.96. The molecule has 126 valence electrons. The molecule has 2 rings (SSSR count). The van der Waals surface area contributed by atoms with Gasteiger partial charge in [0.15, 0.2) is 0 Å². The van der Waals surface area contributed by atoms with Crippen molar-refractivity contribution < 1.29 is 10.2 Å². The van der Waals surface area contributed by atoms with Gasteiger partial charge in [-0.25, -0.2) is 0 Å². The summed E-state index contributed by atoms with van der Waals surface area (Å²) in [5.74, 6) is 1.26. The number of phenols is 2. The molecule has 2 aromatic rings. The summed E-state index contributed by atoms with van der Waals surface area (Å²) in [7, 11) is 0. The molecule has 0 aliphatic carbocycles. The van der Waals surface area contributed by atoms with E-state index in [0.717, 1.165) is 6.42 Å². The second-order valence-corrected chi connectivity index (χ2v) is 6.41. The molecule has 0 saturated heterocycles. The molecule has 0 unspecified atom stereocenters. The molecule has 0 bridgehead atoms. The van der Waals surface area contributed by atoms with Gasteiger partial charge in [0.25, 0.3) is 0 Å². The molecule has 0 fully saturated rings. The Morgan fingerprint density at radius 1 is 0.870 bits per heavy atom. The normalized spacial score (nSPS) is 10.3. The first-order valence-electron chi connectivity index (χ1n) is 8.43. The summed E-state index contributed by atoms with van der Waals surface area (Å²) in [5, 5.41) is 18.3. The van der Waals surface area contributed by atoms with Crippen LogP contribution in [0.1, 0.15) is 61.8 Å². The minimum Gasteiger partial charge on any atom is -0.508 e. The molecule has 2 nitrogen and oxygen atoms in total. The number of aromatic hydroxyl groups is 2. The summed E-state index contributed by atoms with van der Waals surface area (Å²) in [6.07, 6.45) is 3.58. The molecule has 0 aliphatic heterocycles. The summed E-state index contributed by atoms with van der Waals surface area (Å²) >= 11 is 0. The van der Waals surface area contributed by atoms with Gasteiger partial charge in [-0.3, -0.25) is 0 Å². The summed E-state index contributed by atoms with van der Waals surface area (Å²) in [4.78, 5) is 0. The number of aryl methyl sites for hydroxylation is 3. The van der Waals surface area contributed by atoms with E-state index in [2.05, 4.69) is 20.8 Å². The summed E-state index contributed by atoms with van der Waals surface area (Å²) in [5.41, 5.74) is 5.03. The molecule has 0 atom stereocenters. The van der Waals surface area contributed by atoms with Crippen LogP contribution >= 0.6 is 0 Å². The van der Waals surface area contributed by atoms with Crippen LogP contribution in [0.3, 0.4) is 0 Å². The lowest BCUT2D eigenvalue weighted by Crippen LogP contribution is -1.90. The van der Waals surface area contributed by atoms with Gasteiger partial charge in [0, 0.05) is 0 Å². The molecule has 0 aliphatic rings. The van der Waals surface area contributed by atoms with E-state index in [1.165, 1.54) is 35.1 Å². The van der Waals surface area contributed by atoms with Crippen molar-refractivity contribution in [2.45, 2.75) is 59.8 Å². The minimum atomic E-state index is 0.354. The van der Waals surface area contributed by atoms with Gasteiger partial charge >= 0.3 is 0 Å². The maximum absolute atomic E-state index is 9.16. The number of hydrogen-bond donors (Lipinski definition) is 2. The molecule has 0 spiro atoms. The predicted molar refractivity (Wildman–Crippen MR) is 98.4 cm³/mol. The molecule has 0 radical (unpaired) electrons. The smallest absolute Gasteiger partial charge is 0.115 e. The van der Waals surface area contributed by atoms with Crippen LogP contribution in [-0.4, -0.2) is 10.2 Å². The van der Waals surface area contributed by atoms with Crippen molar-refractivity contribution in [1.29, 1.82) is 0 Å². The average molecular weight is 314 g/mol. The van der Waals surface area contributed by atoms with Crippen LogP contribution in [-0.2, 0) is 6.42 Å². The van der Waals surface area contributed by atoms with Gasteiger partial charge < -0.3 is 10.2 Å². The summed E-state index contributed by atoms with van der Waals surface area (Å²) < 4.78 is 0. The van der Waals surface area contributed by atoms with Crippen molar-refractivity contribution in [3.05, 3.63) is 58.7 Å². The summed E-state index contributed by atoms with van der Waals surface area (Å²) in [6, 6.07) is 11.1. The molecule has 2 heteroatoms. The van der Waals surface area contributed by atoms with E-state index in [4.69, 9.17) is 10.2 Å². The topological polar surface area (TPSA) is 40.5 Å². The van der Waals surface area contributed by atoms with Gasteiger partial charge in [-0.1, -0.05) is 39.3 Å². The zero-order valence-corrected chi connectivity index (χ0v) is 15.1. The lowest BCUT2D eigenvalue weighted by Gasteiger charge is -2.08. The van der Waals surface area contributed by atoms with Crippen molar-refractivity contribution in [2.75, 3.05) is 0 Å². The third kappa shape index (κ3) is 6.35. The van der Waals surface area contributed by atoms with Gasteiger partial charge in [0.2, 0.25) is 0 Å². The second-order valence-electron chi connectivity index (χ2n) is 6.41. The lowest BCUT2D eigenvalue weighted by molar-refractivity contribution is 0.474. The molecular weight excluding hydrogens is 284 g/mol. The monoisotopic (exact) mass is 314 g/mol. The fourth-order valence-electron chi connectivity index (χ4n) is 2.64. The van der Waals surface area contributed by atoms with Crippen molar-refractivity contribution in [3.63, 3.8) is 0 Å². The van der Waals surface area contributed by atoms with E-state index in [9.17, 15) is 0 Å². The molecule has 2 aromatic carbocycles. The Morgan fingerprint density at radius 2 is 1.43 bits per heavy atom. The zero-order valence-electron chi connectivity index (χ0n) is 15.1. The molecule has 23 heavy (non-hydrogen) atoms. The number of benzene rings is 2. The third-order valence-corrected chi connectivity index (χ3v) is 4.00. The molecule has 0 saturated carbocycles. The number of unbranched alkanes of at least 4 members (excludes halogenated alkanes) is 1. The number of hydrogen-bond acceptors (Lipinski definition) is 2. The lowest BCUT2D eigenvalue weighted by atomic mass is 9.98. The Labute approximate surface area is 140 Å². The average Bonchev–Trinajstić information content (AvgIpc) is 2.46. The van der Waals surface area contributed by atoms with E-state index in [0.29, 0.717) is 17.4 Å². The van der Waals surface area contributed by atoms with Crippen LogP contribution in [0.15, 0.2) is 36.4 Å². The van der Waals surface area contributed by atoms with Gasteiger partial charge in [-0.15, -0.1) is 0 Å². The number of rotatable bonds is 4. The van der Waals surface area contributed by atoms with Crippen LogP contribution in [0, 0.1) is 13.8 Å². The Balaban J connectivity index is 0.000000231. The van der Waals surface area contributed by atoms with Gasteiger partial charge in [-0.05, 0) is 79.1 Å². The first-order chi connectivity index (χ1) is 10.8. The van der Waals surface area contributed by atoms with Crippen molar-refractivity contribution >= 4 is 0 Å². The highest BCUT2D eigenvalue weighted by atomic mass is 16.3. The van der Waals surface area contributed by atoms with Crippen LogP contribution < -0.4 is 0 Å². The Morgan fingerprint density at radius 3 is 1.91 bits per heavy atom.